The molecule has 0 saturated heterocycles. The van der Waals surface area contributed by atoms with E-state index in [0.717, 1.165) is 24.2 Å². The van der Waals surface area contributed by atoms with Crippen molar-refractivity contribution in [3.8, 4) is 0 Å². The van der Waals surface area contributed by atoms with Crippen LogP contribution in [-0.4, -0.2) is 11.0 Å². The lowest BCUT2D eigenvalue weighted by molar-refractivity contribution is 0.342. The number of aromatic nitrogens is 1. The van der Waals surface area contributed by atoms with Crippen molar-refractivity contribution in [2.24, 2.45) is 0 Å². The minimum Gasteiger partial charge on any atom is -0.444 e. The van der Waals surface area contributed by atoms with E-state index in [1.165, 1.54) is 38.5 Å². The molecule has 0 spiro atoms. The molecule has 2 aliphatic rings. The average Bonchev–Trinajstić information content (AvgIpc) is 2.79. The van der Waals surface area contributed by atoms with Gasteiger partial charge in [-0.1, -0.05) is 19.8 Å². The van der Waals surface area contributed by atoms with E-state index in [1.807, 2.05) is 6.20 Å². The molecule has 2 aliphatic carbocycles. The number of nitrogens with one attached hydrogen (secondary N) is 1. The van der Waals surface area contributed by atoms with Crippen molar-refractivity contribution in [1.29, 1.82) is 0 Å². The molecule has 16 heavy (non-hydrogen) atoms. The van der Waals surface area contributed by atoms with Gasteiger partial charge in [-0.3, -0.25) is 0 Å². The summed E-state index contributed by atoms with van der Waals surface area (Å²) in [5.41, 5.74) is 0.255. The van der Waals surface area contributed by atoms with E-state index in [-0.39, 0.29) is 5.41 Å². The molecular formula is C13H20N2O. The van der Waals surface area contributed by atoms with E-state index in [9.17, 15) is 0 Å². The summed E-state index contributed by atoms with van der Waals surface area (Å²) in [6, 6.07) is 0.720. The molecule has 3 rings (SSSR count). The van der Waals surface area contributed by atoms with Gasteiger partial charge in [-0.2, -0.15) is 0 Å². The van der Waals surface area contributed by atoms with Crippen LogP contribution in [0.1, 0.15) is 57.1 Å². The second-order valence-electron chi connectivity index (χ2n) is 5.54. The first-order valence-corrected chi connectivity index (χ1v) is 6.45. The summed E-state index contributed by atoms with van der Waals surface area (Å²) in [6.07, 6.45) is 9.71. The third kappa shape index (κ3) is 2.01. The molecule has 3 nitrogen and oxygen atoms in total. The summed E-state index contributed by atoms with van der Waals surface area (Å²) in [6.45, 7) is 3.10. The zero-order chi connectivity index (χ0) is 11.0. The van der Waals surface area contributed by atoms with Crippen LogP contribution in [0.15, 0.2) is 10.6 Å². The third-order valence-corrected chi connectivity index (χ3v) is 3.97. The van der Waals surface area contributed by atoms with Crippen LogP contribution in [0.5, 0.6) is 0 Å². The lowest BCUT2D eigenvalue weighted by Gasteiger charge is -2.19. The second kappa shape index (κ2) is 3.88. The molecule has 0 aliphatic heterocycles. The van der Waals surface area contributed by atoms with Gasteiger partial charge in [-0.25, -0.2) is 4.98 Å². The maximum Gasteiger partial charge on any atom is 0.208 e. The first kappa shape index (κ1) is 10.3. The van der Waals surface area contributed by atoms with E-state index in [2.05, 4.69) is 17.2 Å². The minimum absolute atomic E-state index is 0.255. The van der Waals surface area contributed by atoms with Gasteiger partial charge in [0.1, 0.15) is 5.76 Å². The number of hydrogen-bond donors (Lipinski definition) is 1. The van der Waals surface area contributed by atoms with Gasteiger partial charge in [-0.15, -0.1) is 0 Å². The van der Waals surface area contributed by atoms with Crippen LogP contribution >= 0.6 is 0 Å². The Morgan fingerprint density at radius 2 is 2.19 bits per heavy atom. The van der Waals surface area contributed by atoms with Crippen molar-refractivity contribution in [2.75, 3.05) is 0 Å². The molecule has 2 fully saturated rings. The van der Waals surface area contributed by atoms with Crippen molar-refractivity contribution in [1.82, 2.24) is 10.3 Å². The van der Waals surface area contributed by atoms with Gasteiger partial charge in [0.2, 0.25) is 5.89 Å². The molecule has 2 saturated carbocycles. The van der Waals surface area contributed by atoms with Crippen molar-refractivity contribution < 1.29 is 4.42 Å². The van der Waals surface area contributed by atoms with Crippen LogP contribution in [0, 0.1) is 0 Å². The monoisotopic (exact) mass is 220 g/mol. The Bertz CT molecular complexity index is 362. The fraction of sp³-hybridized carbons (Fsp3) is 0.769. The first-order chi connectivity index (χ1) is 7.76. The molecule has 0 bridgehead atoms. The lowest BCUT2D eigenvalue weighted by atomic mass is 9.87. The van der Waals surface area contributed by atoms with Gasteiger partial charge in [0.05, 0.1) is 12.7 Å². The number of hydrogen-bond acceptors (Lipinski definition) is 3. The molecule has 0 amide bonds. The molecule has 1 N–H and O–H groups in total. The van der Waals surface area contributed by atoms with Crippen molar-refractivity contribution in [3.05, 3.63) is 17.8 Å². The highest BCUT2D eigenvalue weighted by Gasteiger charge is 2.34. The maximum absolute atomic E-state index is 5.88. The highest BCUT2D eigenvalue weighted by Crippen LogP contribution is 2.40. The van der Waals surface area contributed by atoms with Gasteiger partial charge in [0, 0.05) is 11.5 Å². The third-order valence-electron chi connectivity index (χ3n) is 3.97. The van der Waals surface area contributed by atoms with E-state index in [0.29, 0.717) is 0 Å². The predicted octanol–water partition coefficient (Wildman–Crippen LogP) is 2.76. The number of oxazole rings is 1. The molecule has 3 heteroatoms. The highest BCUT2D eigenvalue weighted by atomic mass is 16.4. The fourth-order valence-corrected chi connectivity index (χ4v) is 2.59. The highest BCUT2D eigenvalue weighted by molar-refractivity contribution is 5.11. The largest absolute Gasteiger partial charge is 0.444 e. The number of rotatable bonds is 4. The SMILES string of the molecule is CC1(c2cnc(CNC3CC3)o2)CCCC1. The van der Waals surface area contributed by atoms with Crippen LogP contribution in [0.2, 0.25) is 0 Å². The molecule has 0 aromatic carbocycles. The molecule has 1 aromatic rings. The van der Waals surface area contributed by atoms with Crippen molar-refractivity contribution in [3.63, 3.8) is 0 Å². The average molecular weight is 220 g/mol. The lowest BCUT2D eigenvalue weighted by Crippen LogP contribution is -2.16. The summed E-state index contributed by atoms with van der Waals surface area (Å²) in [4.78, 5) is 4.38. The zero-order valence-electron chi connectivity index (χ0n) is 9.96. The molecular weight excluding hydrogens is 200 g/mol. The fourth-order valence-electron chi connectivity index (χ4n) is 2.59. The zero-order valence-corrected chi connectivity index (χ0v) is 9.96. The van der Waals surface area contributed by atoms with Gasteiger partial charge in [0.15, 0.2) is 0 Å². The first-order valence-electron chi connectivity index (χ1n) is 6.45. The van der Waals surface area contributed by atoms with Gasteiger partial charge in [0.25, 0.3) is 0 Å². The smallest absolute Gasteiger partial charge is 0.208 e. The summed E-state index contributed by atoms with van der Waals surface area (Å²) >= 11 is 0. The summed E-state index contributed by atoms with van der Waals surface area (Å²) in [5.74, 6) is 1.95. The topological polar surface area (TPSA) is 38.1 Å². The summed E-state index contributed by atoms with van der Waals surface area (Å²) in [5, 5.41) is 3.43. The van der Waals surface area contributed by atoms with Crippen molar-refractivity contribution in [2.45, 2.75) is 63.5 Å². The Morgan fingerprint density at radius 1 is 1.44 bits per heavy atom. The van der Waals surface area contributed by atoms with Crippen LogP contribution < -0.4 is 5.32 Å². The Balaban J connectivity index is 1.66. The van der Waals surface area contributed by atoms with Gasteiger partial charge < -0.3 is 9.73 Å². The molecule has 0 atom stereocenters. The Hall–Kier alpha value is -0.830. The Kier molecular flexibility index (Phi) is 2.51. The van der Waals surface area contributed by atoms with Crippen LogP contribution in [0.3, 0.4) is 0 Å². The molecule has 0 unspecified atom stereocenters. The predicted molar refractivity (Wildman–Crippen MR) is 62.2 cm³/mol. The molecule has 1 heterocycles. The summed E-state index contributed by atoms with van der Waals surface area (Å²) < 4.78 is 5.88. The molecule has 88 valence electrons. The number of nitrogens with zero attached hydrogens (tertiary/aromatic N) is 1. The van der Waals surface area contributed by atoms with E-state index in [4.69, 9.17) is 4.42 Å². The van der Waals surface area contributed by atoms with Gasteiger partial charge >= 0.3 is 0 Å². The second-order valence-corrected chi connectivity index (χ2v) is 5.54. The van der Waals surface area contributed by atoms with E-state index >= 15 is 0 Å². The standard InChI is InChI=1S/C13H20N2O/c1-13(6-2-3-7-13)11-8-15-12(16-11)9-14-10-4-5-10/h8,10,14H,2-7,9H2,1H3. The quantitative estimate of drug-likeness (QED) is 0.848. The van der Waals surface area contributed by atoms with Crippen LogP contribution in [0.4, 0.5) is 0 Å². The summed E-state index contributed by atoms with van der Waals surface area (Å²) in [7, 11) is 0. The van der Waals surface area contributed by atoms with Crippen molar-refractivity contribution >= 4 is 0 Å². The van der Waals surface area contributed by atoms with E-state index < -0.39 is 0 Å². The Labute approximate surface area is 96.6 Å². The molecule has 1 aromatic heterocycles. The maximum atomic E-state index is 5.88. The van der Waals surface area contributed by atoms with E-state index in [1.54, 1.807) is 0 Å². The Morgan fingerprint density at radius 3 is 2.88 bits per heavy atom. The molecule has 0 radical (unpaired) electrons. The van der Waals surface area contributed by atoms with Crippen LogP contribution in [-0.2, 0) is 12.0 Å². The normalized spacial score (nSPS) is 23.8. The van der Waals surface area contributed by atoms with Gasteiger partial charge in [-0.05, 0) is 25.7 Å². The minimum atomic E-state index is 0.255. The van der Waals surface area contributed by atoms with Crippen LogP contribution in [0.25, 0.3) is 0 Å².